The van der Waals surface area contributed by atoms with Crippen molar-refractivity contribution in [1.29, 1.82) is 0 Å². The van der Waals surface area contributed by atoms with Crippen LogP contribution in [-0.2, 0) is 21.4 Å². The summed E-state index contributed by atoms with van der Waals surface area (Å²) in [4.78, 5) is 12.7. The SMILES string of the molecule is COc1ccc(CNC(=O)[C@H](C)N(c2ccccc2)S(C)(=O)=O)c(OC)c1OC. The molecule has 9 heteroatoms. The van der Waals surface area contributed by atoms with Crippen LogP contribution in [0.25, 0.3) is 0 Å². The van der Waals surface area contributed by atoms with Crippen molar-refractivity contribution in [2.45, 2.75) is 19.5 Å². The van der Waals surface area contributed by atoms with Crippen LogP contribution in [0, 0.1) is 0 Å². The highest BCUT2D eigenvalue weighted by atomic mass is 32.2. The summed E-state index contributed by atoms with van der Waals surface area (Å²) >= 11 is 0. The number of sulfonamides is 1. The molecule has 0 aromatic heterocycles. The predicted octanol–water partition coefficient (Wildman–Crippen LogP) is 2.18. The van der Waals surface area contributed by atoms with Crippen molar-refractivity contribution in [3.8, 4) is 17.2 Å². The smallest absolute Gasteiger partial charge is 0.243 e. The fraction of sp³-hybridized carbons (Fsp3) is 0.350. The van der Waals surface area contributed by atoms with E-state index in [9.17, 15) is 13.2 Å². The topological polar surface area (TPSA) is 94.2 Å². The van der Waals surface area contributed by atoms with Gasteiger partial charge in [-0.05, 0) is 31.2 Å². The molecule has 0 heterocycles. The largest absolute Gasteiger partial charge is 0.493 e. The fourth-order valence-corrected chi connectivity index (χ4v) is 4.19. The summed E-state index contributed by atoms with van der Waals surface area (Å²) in [6.45, 7) is 1.66. The molecule has 0 bridgehead atoms. The summed E-state index contributed by atoms with van der Waals surface area (Å²) in [5.41, 5.74) is 1.08. The first kappa shape index (κ1) is 22.4. The molecule has 29 heavy (non-hydrogen) atoms. The summed E-state index contributed by atoms with van der Waals surface area (Å²) < 4.78 is 41.7. The second-order valence-corrected chi connectivity index (χ2v) is 8.14. The molecule has 2 aromatic carbocycles. The van der Waals surface area contributed by atoms with Crippen LogP contribution in [-0.4, -0.2) is 48.0 Å². The van der Waals surface area contributed by atoms with Gasteiger partial charge in [0, 0.05) is 12.1 Å². The lowest BCUT2D eigenvalue weighted by atomic mass is 10.1. The maximum Gasteiger partial charge on any atom is 0.243 e. The monoisotopic (exact) mass is 422 g/mol. The summed E-state index contributed by atoms with van der Waals surface area (Å²) in [6.07, 6.45) is 1.07. The zero-order valence-corrected chi connectivity index (χ0v) is 17.9. The van der Waals surface area contributed by atoms with E-state index >= 15 is 0 Å². The van der Waals surface area contributed by atoms with Crippen molar-refractivity contribution in [2.24, 2.45) is 0 Å². The van der Waals surface area contributed by atoms with Crippen LogP contribution in [0.5, 0.6) is 17.2 Å². The van der Waals surface area contributed by atoms with Crippen molar-refractivity contribution in [2.75, 3.05) is 31.9 Å². The van der Waals surface area contributed by atoms with Gasteiger partial charge in [-0.1, -0.05) is 18.2 Å². The van der Waals surface area contributed by atoms with Gasteiger partial charge in [-0.15, -0.1) is 0 Å². The Kier molecular flexibility index (Phi) is 7.33. The van der Waals surface area contributed by atoms with E-state index in [1.165, 1.54) is 28.3 Å². The second kappa shape index (κ2) is 9.51. The predicted molar refractivity (Wildman–Crippen MR) is 111 cm³/mol. The molecule has 2 aromatic rings. The second-order valence-electron chi connectivity index (χ2n) is 6.28. The summed E-state index contributed by atoms with van der Waals surface area (Å²) in [5, 5.41) is 2.76. The number of benzene rings is 2. The molecular weight excluding hydrogens is 396 g/mol. The minimum atomic E-state index is -3.67. The van der Waals surface area contributed by atoms with Gasteiger partial charge in [0.05, 0.1) is 33.3 Å². The average molecular weight is 423 g/mol. The molecule has 1 atom stereocenters. The van der Waals surface area contributed by atoms with Crippen molar-refractivity contribution < 1.29 is 27.4 Å². The Morgan fingerprint density at radius 1 is 1.00 bits per heavy atom. The fourth-order valence-electron chi connectivity index (χ4n) is 3.02. The van der Waals surface area contributed by atoms with E-state index in [2.05, 4.69) is 5.32 Å². The first-order valence-corrected chi connectivity index (χ1v) is 10.7. The molecule has 1 N–H and O–H groups in total. The molecule has 0 aliphatic carbocycles. The van der Waals surface area contributed by atoms with Crippen LogP contribution in [0.4, 0.5) is 5.69 Å². The lowest BCUT2D eigenvalue weighted by Crippen LogP contribution is -2.47. The van der Waals surface area contributed by atoms with Gasteiger partial charge in [0.25, 0.3) is 0 Å². The first-order valence-electron chi connectivity index (χ1n) is 8.84. The van der Waals surface area contributed by atoms with E-state index in [0.29, 0.717) is 28.5 Å². The molecule has 0 aliphatic heterocycles. The van der Waals surface area contributed by atoms with E-state index in [0.717, 1.165) is 10.6 Å². The van der Waals surface area contributed by atoms with Crippen molar-refractivity contribution in [3.05, 3.63) is 48.0 Å². The number of amides is 1. The zero-order chi connectivity index (χ0) is 21.6. The lowest BCUT2D eigenvalue weighted by molar-refractivity contribution is -0.122. The highest BCUT2D eigenvalue weighted by Crippen LogP contribution is 2.39. The maximum absolute atomic E-state index is 12.7. The van der Waals surface area contributed by atoms with Crippen LogP contribution in [0.15, 0.2) is 42.5 Å². The number of nitrogens with one attached hydrogen (secondary N) is 1. The summed E-state index contributed by atoms with van der Waals surface area (Å²) in [7, 11) is 0.838. The van der Waals surface area contributed by atoms with E-state index in [4.69, 9.17) is 14.2 Å². The van der Waals surface area contributed by atoms with Gasteiger partial charge in [-0.3, -0.25) is 9.10 Å². The molecule has 158 valence electrons. The molecule has 0 saturated carbocycles. The molecule has 0 unspecified atom stereocenters. The minimum absolute atomic E-state index is 0.124. The van der Waals surface area contributed by atoms with E-state index in [1.807, 2.05) is 0 Å². The van der Waals surface area contributed by atoms with E-state index < -0.39 is 22.0 Å². The third-order valence-electron chi connectivity index (χ3n) is 4.34. The van der Waals surface area contributed by atoms with Gasteiger partial charge in [0.1, 0.15) is 6.04 Å². The Morgan fingerprint density at radius 2 is 1.62 bits per heavy atom. The lowest BCUT2D eigenvalue weighted by Gasteiger charge is -2.28. The summed E-state index contributed by atoms with van der Waals surface area (Å²) in [6, 6.07) is 11.0. The van der Waals surface area contributed by atoms with Crippen LogP contribution < -0.4 is 23.8 Å². The number of methoxy groups -OCH3 is 3. The average Bonchev–Trinajstić information content (AvgIpc) is 2.70. The highest BCUT2D eigenvalue weighted by molar-refractivity contribution is 7.92. The molecule has 8 nitrogen and oxygen atoms in total. The molecule has 2 rings (SSSR count). The molecular formula is C20H26N2O6S. The third kappa shape index (κ3) is 5.11. The van der Waals surface area contributed by atoms with Crippen LogP contribution >= 0.6 is 0 Å². The number of carbonyl (C=O) groups excluding carboxylic acids is 1. The van der Waals surface area contributed by atoms with Crippen LogP contribution in [0.2, 0.25) is 0 Å². The minimum Gasteiger partial charge on any atom is -0.493 e. The Morgan fingerprint density at radius 3 is 2.14 bits per heavy atom. The van der Waals surface area contributed by atoms with Gasteiger partial charge < -0.3 is 19.5 Å². The number of hydrogen-bond donors (Lipinski definition) is 1. The standard InChI is InChI=1S/C20H26N2O6S/c1-14(22(29(5,24)25)16-9-7-6-8-10-16)20(23)21-13-15-11-12-17(26-2)19(28-4)18(15)27-3/h6-12,14H,13H2,1-5H3,(H,21,23)/t14-/m0/s1. The number of para-hydroxylation sites is 1. The summed E-state index contributed by atoms with van der Waals surface area (Å²) in [5.74, 6) is 0.899. The molecule has 0 saturated heterocycles. The van der Waals surface area contributed by atoms with Gasteiger partial charge in [-0.25, -0.2) is 8.42 Å². The zero-order valence-electron chi connectivity index (χ0n) is 17.1. The van der Waals surface area contributed by atoms with Crippen molar-refractivity contribution in [3.63, 3.8) is 0 Å². The quantitative estimate of drug-likeness (QED) is 0.666. The Balaban J connectivity index is 2.24. The first-order chi connectivity index (χ1) is 13.7. The van der Waals surface area contributed by atoms with E-state index in [-0.39, 0.29) is 6.54 Å². The highest BCUT2D eigenvalue weighted by Gasteiger charge is 2.29. The molecule has 1 amide bonds. The molecule has 0 aliphatic rings. The Bertz CT molecular complexity index is 947. The Hall–Kier alpha value is -2.94. The Labute approximate surface area is 171 Å². The van der Waals surface area contributed by atoms with Gasteiger partial charge >= 0.3 is 0 Å². The number of rotatable bonds is 9. The van der Waals surface area contributed by atoms with Gasteiger partial charge in [0.15, 0.2) is 11.5 Å². The van der Waals surface area contributed by atoms with Crippen molar-refractivity contribution in [1.82, 2.24) is 5.32 Å². The van der Waals surface area contributed by atoms with Gasteiger partial charge in [-0.2, -0.15) is 0 Å². The molecule has 0 fully saturated rings. The third-order valence-corrected chi connectivity index (χ3v) is 5.58. The van der Waals surface area contributed by atoms with Crippen molar-refractivity contribution >= 4 is 21.6 Å². The number of carbonyl (C=O) groups is 1. The number of anilines is 1. The van der Waals surface area contributed by atoms with Crippen LogP contribution in [0.1, 0.15) is 12.5 Å². The molecule has 0 spiro atoms. The normalized spacial score (nSPS) is 12.0. The van der Waals surface area contributed by atoms with E-state index in [1.54, 1.807) is 42.5 Å². The number of hydrogen-bond acceptors (Lipinski definition) is 6. The van der Waals surface area contributed by atoms with Crippen LogP contribution in [0.3, 0.4) is 0 Å². The van der Waals surface area contributed by atoms with Gasteiger partial charge in [0.2, 0.25) is 21.7 Å². The molecule has 0 radical (unpaired) electrons. The number of ether oxygens (including phenoxy) is 3. The number of nitrogens with zero attached hydrogens (tertiary/aromatic N) is 1. The maximum atomic E-state index is 12.7.